The number of ether oxygens (including phenoxy) is 3. The number of esters is 1. The predicted octanol–water partition coefficient (Wildman–Crippen LogP) is 3.89. The molecule has 0 aliphatic carbocycles. The van der Waals surface area contributed by atoms with Gasteiger partial charge in [0.05, 0.1) is 36.5 Å². The average molecular weight is 557 g/mol. The van der Waals surface area contributed by atoms with Crippen molar-refractivity contribution in [1.29, 1.82) is 0 Å². The van der Waals surface area contributed by atoms with Gasteiger partial charge < -0.3 is 14.2 Å². The van der Waals surface area contributed by atoms with Gasteiger partial charge in [0.15, 0.2) is 16.3 Å². The Morgan fingerprint density at radius 2 is 1.89 bits per heavy atom. The van der Waals surface area contributed by atoms with Crippen molar-refractivity contribution in [2.45, 2.75) is 26.8 Å². The van der Waals surface area contributed by atoms with Crippen LogP contribution in [-0.2, 0) is 9.53 Å². The molecule has 9 heteroatoms. The molecule has 1 atom stereocenters. The van der Waals surface area contributed by atoms with Gasteiger partial charge >= 0.3 is 5.97 Å². The molecule has 3 aromatic rings. The number of aromatic nitrogens is 1. The topological polar surface area (TPSA) is 79.1 Å². The van der Waals surface area contributed by atoms with Crippen molar-refractivity contribution < 1.29 is 19.0 Å². The smallest absolute Gasteiger partial charge is 0.337 e. The lowest BCUT2D eigenvalue weighted by Crippen LogP contribution is -2.39. The summed E-state index contributed by atoms with van der Waals surface area (Å²) >= 11 is 4.82. The van der Waals surface area contributed by atoms with Crippen LogP contribution in [0.1, 0.15) is 36.6 Å². The minimum absolute atomic E-state index is 0.239. The molecule has 2 heterocycles. The highest BCUT2D eigenvalue weighted by Crippen LogP contribution is 2.35. The third-order valence-electron chi connectivity index (χ3n) is 5.50. The summed E-state index contributed by atoms with van der Waals surface area (Å²) < 4.78 is 19.5. The Morgan fingerprint density at radius 1 is 1.14 bits per heavy atom. The fourth-order valence-electron chi connectivity index (χ4n) is 3.84. The maximum atomic E-state index is 13.6. The molecule has 0 radical (unpaired) electrons. The van der Waals surface area contributed by atoms with E-state index in [4.69, 9.17) is 14.2 Å². The Kier molecular flexibility index (Phi) is 7.57. The Hall–Kier alpha value is -3.17. The van der Waals surface area contributed by atoms with Gasteiger partial charge in [-0.2, -0.15) is 0 Å². The molecule has 4 rings (SSSR count). The molecule has 0 N–H and O–H groups in total. The number of methoxy groups -OCH3 is 1. The number of fused-ring (bicyclic) bond motifs is 1. The minimum Gasteiger partial charge on any atom is -0.490 e. The van der Waals surface area contributed by atoms with Gasteiger partial charge in [-0.3, -0.25) is 9.36 Å². The molecule has 0 spiro atoms. The van der Waals surface area contributed by atoms with Gasteiger partial charge in [-0.1, -0.05) is 45.5 Å². The van der Waals surface area contributed by atoms with Crippen LogP contribution < -0.4 is 24.4 Å². The summed E-state index contributed by atoms with van der Waals surface area (Å²) in [7, 11) is 1.31. The number of rotatable bonds is 7. The number of hydrogen-bond acceptors (Lipinski definition) is 7. The van der Waals surface area contributed by atoms with Gasteiger partial charge in [0.1, 0.15) is 0 Å². The van der Waals surface area contributed by atoms with Crippen LogP contribution in [0.3, 0.4) is 0 Å². The maximum absolute atomic E-state index is 13.6. The quantitative estimate of drug-likeness (QED) is 0.412. The molecule has 1 aromatic heterocycles. The van der Waals surface area contributed by atoms with Crippen LogP contribution >= 0.6 is 27.3 Å². The third kappa shape index (κ3) is 4.97. The summed E-state index contributed by atoms with van der Waals surface area (Å²) in [5, 5.41) is 0. The van der Waals surface area contributed by atoms with Crippen molar-refractivity contribution in [2.75, 3.05) is 20.3 Å². The third-order valence-corrected chi connectivity index (χ3v) is 7.35. The van der Waals surface area contributed by atoms with E-state index in [0.29, 0.717) is 39.6 Å². The van der Waals surface area contributed by atoms with Crippen LogP contribution in [0.4, 0.5) is 0 Å². The lowest BCUT2D eigenvalue weighted by Gasteiger charge is -2.23. The number of aryl methyl sites for hydroxylation is 1. The molecule has 7 nitrogen and oxygen atoms in total. The fraction of sp³-hybridized carbons (Fsp3) is 0.269. The second kappa shape index (κ2) is 10.6. The first-order chi connectivity index (χ1) is 16.9. The Balaban J connectivity index is 1.90. The highest BCUT2D eigenvalue weighted by Gasteiger charge is 2.31. The summed E-state index contributed by atoms with van der Waals surface area (Å²) in [4.78, 5) is 31.2. The van der Waals surface area contributed by atoms with E-state index in [-0.39, 0.29) is 11.1 Å². The average Bonchev–Trinajstić information content (AvgIpc) is 3.17. The molecule has 0 saturated carbocycles. The second-order valence-corrected chi connectivity index (χ2v) is 9.62. The fourth-order valence-corrected chi connectivity index (χ4v) is 5.20. The zero-order valence-electron chi connectivity index (χ0n) is 19.8. The number of benzene rings is 2. The molecule has 182 valence electrons. The molecule has 0 bridgehead atoms. The SMILES string of the molecule is CCOc1ccc([C@H]2C(C(=O)OC)=CN=c3s/c(=C/c4ccc(C)c(Br)c4)c(=O)n32)cc1OCC. The van der Waals surface area contributed by atoms with E-state index < -0.39 is 12.0 Å². The number of hydrogen-bond donors (Lipinski definition) is 0. The number of carbonyl (C=O) groups excluding carboxylic acids is 1. The summed E-state index contributed by atoms with van der Waals surface area (Å²) in [5.74, 6) is 0.584. The first kappa shape index (κ1) is 24.9. The zero-order chi connectivity index (χ0) is 25.1. The molecule has 2 aromatic carbocycles. The highest BCUT2D eigenvalue weighted by atomic mass is 79.9. The molecule has 0 fully saturated rings. The highest BCUT2D eigenvalue weighted by molar-refractivity contribution is 9.10. The van der Waals surface area contributed by atoms with E-state index in [9.17, 15) is 9.59 Å². The van der Waals surface area contributed by atoms with Gasteiger partial charge in [0.2, 0.25) is 0 Å². The van der Waals surface area contributed by atoms with E-state index in [1.165, 1.54) is 29.2 Å². The van der Waals surface area contributed by atoms with Crippen molar-refractivity contribution in [2.24, 2.45) is 4.99 Å². The predicted molar refractivity (Wildman–Crippen MR) is 139 cm³/mol. The summed E-state index contributed by atoms with van der Waals surface area (Å²) in [6, 6.07) is 10.6. The number of halogens is 1. The maximum Gasteiger partial charge on any atom is 0.337 e. The van der Waals surface area contributed by atoms with Crippen LogP contribution in [0, 0.1) is 6.92 Å². The molecule has 0 saturated heterocycles. The van der Waals surface area contributed by atoms with Gasteiger partial charge in [0, 0.05) is 10.7 Å². The van der Waals surface area contributed by atoms with Crippen LogP contribution in [-0.4, -0.2) is 30.9 Å². The number of carbonyl (C=O) groups is 1. The van der Waals surface area contributed by atoms with Crippen molar-refractivity contribution in [3.8, 4) is 11.5 Å². The van der Waals surface area contributed by atoms with Gasteiger partial charge in [-0.05, 0) is 61.7 Å². The van der Waals surface area contributed by atoms with E-state index in [1.54, 1.807) is 12.1 Å². The number of thiazole rings is 1. The van der Waals surface area contributed by atoms with Crippen LogP contribution in [0.5, 0.6) is 11.5 Å². The lowest BCUT2D eigenvalue weighted by molar-refractivity contribution is -0.136. The van der Waals surface area contributed by atoms with Crippen molar-refractivity contribution in [3.63, 3.8) is 0 Å². The normalized spacial score (nSPS) is 15.2. The van der Waals surface area contributed by atoms with Gasteiger partial charge in [-0.25, -0.2) is 9.79 Å². The van der Waals surface area contributed by atoms with Crippen molar-refractivity contribution in [1.82, 2.24) is 4.57 Å². The summed E-state index contributed by atoms with van der Waals surface area (Å²) in [6.07, 6.45) is 3.31. The standard InChI is InChI=1S/C26H25BrN2O5S/c1-5-33-20-10-9-17(13-21(20)34-6-2)23-18(25(31)32-4)14-28-26-29(23)24(30)22(35-26)12-16-8-7-15(3)19(27)11-16/h7-14,23H,5-6H2,1-4H3/b22-12+/t23-/m0/s1. The van der Waals surface area contributed by atoms with Crippen molar-refractivity contribution >= 4 is 39.3 Å². The summed E-state index contributed by atoms with van der Waals surface area (Å²) in [6.45, 7) is 6.71. The zero-order valence-corrected chi connectivity index (χ0v) is 22.2. The summed E-state index contributed by atoms with van der Waals surface area (Å²) in [5.41, 5.74) is 2.70. The van der Waals surface area contributed by atoms with E-state index >= 15 is 0 Å². The van der Waals surface area contributed by atoms with Crippen LogP contribution in [0.25, 0.3) is 6.08 Å². The molecular formula is C26H25BrN2O5S. The lowest BCUT2D eigenvalue weighted by atomic mass is 9.97. The Labute approximate surface area is 215 Å². The van der Waals surface area contributed by atoms with E-state index in [0.717, 1.165) is 15.6 Å². The second-order valence-electron chi connectivity index (χ2n) is 7.76. The monoisotopic (exact) mass is 556 g/mol. The minimum atomic E-state index is -0.722. The molecule has 1 aliphatic rings. The first-order valence-corrected chi connectivity index (χ1v) is 12.7. The van der Waals surface area contributed by atoms with Crippen LogP contribution in [0.15, 0.2) is 62.4 Å². The largest absolute Gasteiger partial charge is 0.490 e. The van der Waals surface area contributed by atoms with Gasteiger partial charge in [0.25, 0.3) is 5.56 Å². The first-order valence-electron chi connectivity index (χ1n) is 11.1. The molecule has 1 aliphatic heterocycles. The van der Waals surface area contributed by atoms with E-state index in [2.05, 4.69) is 20.9 Å². The number of nitrogens with zero attached hydrogens (tertiary/aromatic N) is 2. The van der Waals surface area contributed by atoms with Crippen molar-refractivity contribution in [3.05, 3.63) is 89.0 Å². The molecular weight excluding hydrogens is 532 g/mol. The molecule has 0 amide bonds. The molecule has 0 unspecified atom stereocenters. The molecule has 35 heavy (non-hydrogen) atoms. The Morgan fingerprint density at radius 3 is 2.57 bits per heavy atom. The Bertz CT molecular complexity index is 1490. The van der Waals surface area contributed by atoms with E-state index in [1.807, 2.05) is 51.1 Å². The van der Waals surface area contributed by atoms with Crippen LogP contribution in [0.2, 0.25) is 0 Å². The van der Waals surface area contributed by atoms with Gasteiger partial charge in [-0.15, -0.1) is 0 Å².